The van der Waals surface area contributed by atoms with Gasteiger partial charge in [-0.15, -0.1) is 0 Å². The van der Waals surface area contributed by atoms with Crippen LogP contribution >= 0.6 is 0 Å². The fourth-order valence-corrected chi connectivity index (χ4v) is 13.8. The molecule has 74 heavy (non-hydrogen) atoms. The first-order chi connectivity index (χ1) is 35.8. The van der Waals surface area contributed by atoms with Crippen molar-refractivity contribution in [1.29, 1.82) is 5.26 Å². The summed E-state index contributed by atoms with van der Waals surface area (Å²) >= 11 is 0. The molecule has 7 fully saturated rings. The highest BCUT2D eigenvalue weighted by molar-refractivity contribution is 6.09. The second-order valence-electron chi connectivity index (χ2n) is 23.4. The third-order valence-electron chi connectivity index (χ3n) is 18.7. The normalized spacial score (nSPS) is 25.5. The van der Waals surface area contributed by atoms with E-state index in [4.69, 9.17) is 9.97 Å². The number of anilines is 3. The summed E-state index contributed by atoms with van der Waals surface area (Å²) in [5.74, 6) is 1.15. The molecule has 0 bridgehead atoms. The molecule has 3 aromatic heterocycles. The van der Waals surface area contributed by atoms with Gasteiger partial charge in [0.25, 0.3) is 0 Å². The molecule has 1 unspecified atom stereocenters. The van der Waals surface area contributed by atoms with Crippen molar-refractivity contribution in [3.63, 3.8) is 0 Å². The zero-order valence-corrected chi connectivity index (χ0v) is 43.3. The molecule has 1 saturated carbocycles. The fourth-order valence-electron chi connectivity index (χ4n) is 13.8. The largest absolute Gasteiger partial charge is 0.357 e. The molecule has 388 valence electrons. The number of rotatable bonds is 9. The van der Waals surface area contributed by atoms with E-state index in [1.54, 1.807) is 6.20 Å². The topological polar surface area (TPSA) is 184 Å². The van der Waals surface area contributed by atoms with Crippen LogP contribution in [0.4, 0.5) is 17.3 Å². The second kappa shape index (κ2) is 19.1. The third-order valence-corrected chi connectivity index (χ3v) is 18.7. The van der Waals surface area contributed by atoms with Crippen molar-refractivity contribution >= 4 is 57.9 Å². The lowest BCUT2D eigenvalue weighted by atomic mass is 9.72. The molecule has 5 amide bonds. The van der Waals surface area contributed by atoms with Gasteiger partial charge in [0.2, 0.25) is 29.5 Å². The van der Waals surface area contributed by atoms with E-state index < -0.39 is 10.8 Å². The van der Waals surface area contributed by atoms with Gasteiger partial charge in [-0.3, -0.25) is 29.3 Å². The Morgan fingerprint density at radius 2 is 1.54 bits per heavy atom. The van der Waals surface area contributed by atoms with Gasteiger partial charge in [-0.1, -0.05) is 31.5 Å². The average molecular weight is 1000 g/mol. The van der Waals surface area contributed by atoms with Crippen molar-refractivity contribution < 1.29 is 24.0 Å². The monoisotopic (exact) mass is 1000 g/mol. The van der Waals surface area contributed by atoms with Crippen LogP contribution in [0.3, 0.4) is 0 Å². The summed E-state index contributed by atoms with van der Waals surface area (Å²) in [6, 6.07) is 15.6. The van der Waals surface area contributed by atoms with Gasteiger partial charge in [0.15, 0.2) is 5.82 Å². The Bertz CT molecular complexity index is 2900. The number of benzene rings is 1. The Kier molecular flexibility index (Phi) is 12.5. The van der Waals surface area contributed by atoms with E-state index in [0.717, 1.165) is 89.5 Å². The van der Waals surface area contributed by atoms with Crippen LogP contribution in [-0.4, -0.2) is 141 Å². The zero-order chi connectivity index (χ0) is 51.0. The quantitative estimate of drug-likeness (QED) is 0.184. The first kappa shape index (κ1) is 48.5. The van der Waals surface area contributed by atoms with Crippen molar-refractivity contribution in [2.75, 3.05) is 80.1 Å². The smallest absolute Gasteiger partial charge is 0.238 e. The maximum Gasteiger partial charge on any atom is 0.238 e. The zero-order valence-electron chi connectivity index (χ0n) is 43.3. The minimum atomic E-state index is -0.717. The Hall–Kier alpha value is -6.41. The van der Waals surface area contributed by atoms with Crippen LogP contribution < -0.4 is 20.0 Å². The van der Waals surface area contributed by atoms with Crippen LogP contribution in [0.1, 0.15) is 127 Å². The number of nitrogens with zero attached hydrogens (tertiary/aromatic N) is 11. The average Bonchev–Trinajstić information content (AvgIpc) is 3.94. The second-order valence-corrected chi connectivity index (χ2v) is 23.4. The number of hydrogen-bond acceptors (Lipinski definition) is 12. The molecular weight excluding hydrogens is 933 g/mol. The SMILES string of the molecule is CC(C)n1cnc2cc(-c3ccc4c(c3)N(C3CC(N5CCCCC5)C3)C(=O)C43CCN(C(=O)C4(C)CCN(C(=O)C5CCN(c6ccc(C7CCC(=O)NC7=O)cn6)CC5)CC4)CC3)nc(N3CC(C#N)C3)c21. The van der Waals surface area contributed by atoms with Crippen molar-refractivity contribution in [3.05, 3.63) is 60.0 Å². The van der Waals surface area contributed by atoms with Gasteiger partial charge in [0.05, 0.1) is 40.9 Å². The van der Waals surface area contributed by atoms with Gasteiger partial charge in [-0.25, -0.2) is 15.0 Å². The number of imide groups is 1. The lowest BCUT2D eigenvalue weighted by molar-refractivity contribution is -0.150. The number of nitriles is 1. The van der Waals surface area contributed by atoms with Crippen LogP contribution in [0.25, 0.3) is 22.3 Å². The molecule has 1 spiro atoms. The first-order valence-corrected chi connectivity index (χ1v) is 27.7. The van der Waals surface area contributed by atoms with Crippen molar-refractivity contribution in [2.45, 2.75) is 134 Å². The molecule has 17 heteroatoms. The molecule has 6 saturated heterocycles. The van der Waals surface area contributed by atoms with Gasteiger partial charge in [-0.2, -0.15) is 5.26 Å². The standard InChI is InChI=1S/C57H70N12O5/c1-36(2)68-35-60-46-30-45(61-51(50(46)68)67-33-37(31-58)34-67)39-7-10-44-47(27-39)69(42-28-41(29-42)63-19-5-4-6-20-63)55(74)57(44)17-25-66(26-18-57)54(73)56(3)15-23-65(24-16-56)53(72)38-13-21-64(22-14-38)48-11-8-40(32-59-48)43-9-12-49(70)62-52(43)71/h7-8,10-11,27,30,32,35-38,41-43H,4-6,9,12-26,28-29,33-34H2,1-3H3,(H,62,70,71). The summed E-state index contributed by atoms with van der Waals surface area (Å²) in [6.45, 7) is 13.4. The summed E-state index contributed by atoms with van der Waals surface area (Å²) < 4.78 is 2.16. The predicted octanol–water partition coefficient (Wildman–Crippen LogP) is 6.32. The fraction of sp³-hybridized carbons (Fsp3) is 0.596. The van der Waals surface area contributed by atoms with Crippen LogP contribution in [0.5, 0.6) is 0 Å². The Morgan fingerprint density at radius 1 is 0.811 bits per heavy atom. The minimum Gasteiger partial charge on any atom is -0.357 e. The molecule has 17 nitrogen and oxygen atoms in total. The van der Waals surface area contributed by atoms with E-state index in [0.29, 0.717) is 96.9 Å². The third kappa shape index (κ3) is 8.39. The summed E-state index contributed by atoms with van der Waals surface area (Å²) in [7, 11) is 0. The number of carbonyl (C=O) groups excluding carboxylic acids is 5. The molecule has 1 aromatic carbocycles. The number of nitrogens with one attached hydrogen (secondary N) is 1. The van der Waals surface area contributed by atoms with Crippen LogP contribution in [0.15, 0.2) is 48.9 Å². The Morgan fingerprint density at radius 3 is 2.22 bits per heavy atom. The van der Waals surface area contributed by atoms with E-state index in [2.05, 4.69) is 85.6 Å². The lowest BCUT2D eigenvalue weighted by Crippen LogP contribution is -2.59. The highest BCUT2D eigenvalue weighted by Crippen LogP contribution is 2.53. The molecule has 4 aromatic rings. The Balaban J connectivity index is 0.713. The van der Waals surface area contributed by atoms with Crippen LogP contribution in [0, 0.1) is 28.6 Å². The van der Waals surface area contributed by atoms with Gasteiger partial charge < -0.3 is 34.0 Å². The van der Waals surface area contributed by atoms with Crippen molar-refractivity contribution in [3.8, 4) is 17.3 Å². The van der Waals surface area contributed by atoms with Crippen LogP contribution in [0.2, 0.25) is 0 Å². The predicted molar refractivity (Wildman–Crippen MR) is 280 cm³/mol. The molecular formula is C57H70N12O5. The number of fused-ring (bicyclic) bond motifs is 3. The van der Waals surface area contributed by atoms with Gasteiger partial charge in [0.1, 0.15) is 11.3 Å². The number of likely N-dealkylation sites (tertiary alicyclic amines) is 3. The maximum atomic E-state index is 15.3. The van der Waals surface area contributed by atoms with E-state index in [1.807, 2.05) is 28.3 Å². The highest BCUT2D eigenvalue weighted by atomic mass is 16.2. The van der Waals surface area contributed by atoms with Gasteiger partial charge >= 0.3 is 0 Å². The molecule has 10 heterocycles. The first-order valence-electron chi connectivity index (χ1n) is 27.7. The molecule has 1 aliphatic carbocycles. The van der Waals surface area contributed by atoms with E-state index in [1.165, 1.54) is 19.3 Å². The minimum absolute atomic E-state index is 0.0277. The molecule has 8 aliphatic rings. The summed E-state index contributed by atoms with van der Waals surface area (Å²) in [4.78, 5) is 95.9. The number of hydrogen-bond donors (Lipinski definition) is 1. The number of pyridine rings is 2. The molecule has 7 aliphatic heterocycles. The summed E-state index contributed by atoms with van der Waals surface area (Å²) in [5, 5.41) is 12.1. The number of aromatic nitrogens is 4. The van der Waals surface area contributed by atoms with Crippen molar-refractivity contribution in [1.82, 2.24) is 39.5 Å². The van der Waals surface area contributed by atoms with Gasteiger partial charge in [-0.05, 0) is 127 Å². The molecule has 1 N–H and O–H groups in total. The number of amides is 5. The van der Waals surface area contributed by atoms with Crippen LogP contribution in [-0.2, 0) is 29.4 Å². The number of carbonyl (C=O) groups is 5. The van der Waals surface area contributed by atoms with Gasteiger partial charge in [0, 0.05) is 106 Å². The maximum absolute atomic E-state index is 15.3. The molecule has 0 radical (unpaired) electrons. The van der Waals surface area contributed by atoms with E-state index in [9.17, 15) is 24.4 Å². The molecule has 12 rings (SSSR count). The Labute approximate surface area is 433 Å². The highest BCUT2D eigenvalue weighted by Gasteiger charge is 2.57. The van der Waals surface area contributed by atoms with Crippen molar-refractivity contribution in [2.24, 2.45) is 17.3 Å². The number of piperidine rings is 5. The summed E-state index contributed by atoms with van der Waals surface area (Å²) in [6.07, 6.45) is 13.9. The lowest BCUT2D eigenvalue weighted by Gasteiger charge is -2.48. The number of imidazole rings is 1. The van der Waals surface area contributed by atoms with E-state index >= 15 is 4.79 Å². The van der Waals surface area contributed by atoms with E-state index in [-0.39, 0.29) is 59.4 Å². The molecule has 1 atom stereocenters. The summed E-state index contributed by atoms with van der Waals surface area (Å²) in [5.41, 5.74) is 5.12.